The lowest BCUT2D eigenvalue weighted by Gasteiger charge is -2.44. The Morgan fingerprint density at radius 2 is 2.25 bits per heavy atom. The number of nitrogens with zero attached hydrogens (tertiary/aromatic N) is 1. The lowest BCUT2D eigenvalue weighted by atomic mass is 9.93. The molecule has 1 fully saturated rings. The molecule has 0 amide bonds. The lowest BCUT2D eigenvalue weighted by molar-refractivity contribution is -0.780. The predicted octanol–water partition coefficient (Wildman–Crippen LogP) is -1.68. The van der Waals surface area contributed by atoms with Crippen LogP contribution in [-0.2, 0) is 9.57 Å². The second-order valence-corrected chi connectivity index (χ2v) is 2.51. The van der Waals surface area contributed by atoms with Gasteiger partial charge >= 0.3 is 0 Å². The number of aliphatic hydroxyl groups excluding tert-OH is 2. The SMILES string of the molecule is O=[N+]([O-])OC1COC1(CO)CO. The van der Waals surface area contributed by atoms with Crippen LogP contribution < -0.4 is 0 Å². The lowest BCUT2D eigenvalue weighted by Crippen LogP contribution is -2.64. The van der Waals surface area contributed by atoms with E-state index in [1.165, 1.54) is 0 Å². The van der Waals surface area contributed by atoms with E-state index in [1.807, 2.05) is 0 Å². The van der Waals surface area contributed by atoms with E-state index in [0.717, 1.165) is 0 Å². The first-order valence-electron chi connectivity index (χ1n) is 3.31. The topological polar surface area (TPSA) is 102 Å². The Morgan fingerprint density at radius 3 is 2.50 bits per heavy atom. The van der Waals surface area contributed by atoms with Crippen molar-refractivity contribution in [2.75, 3.05) is 19.8 Å². The molecule has 0 saturated carbocycles. The van der Waals surface area contributed by atoms with Gasteiger partial charge in [-0.25, -0.2) is 0 Å². The average molecular weight is 179 g/mol. The highest BCUT2D eigenvalue weighted by atomic mass is 17.0. The van der Waals surface area contributed by atoms with Crippen molar-refractivity contribution in [2.24, 2.45) is 0 Å². The first-order valence-corrected chi connectivity index (χ1v) is 3.31. The predicted molar refractivity (Wildman–Crippen MR) is 34.7 cm³/mol. The molecule has 1 aliphatic rings. The Kier molecular flexibility index (Phi) is 2.46. The molecule has 0 aromatic rings. The molecule has 0 aromatic carbocycles. The first kappa shape index (κ1) is 9.17. The van der Waals surface area contributed by atoms with E-state index >= 15 is 0 Å². The number of ether oxygens (including phenoxy) is 1. The van der Waals surface area contributed by atoms with E-state index in [1.54, 1.807) is 0 Å². The van der Waals surface area contributed by atoms with Crippen molar-refractivity contribution in [1.29, 1.82) is 0 Å². The van der Waals surface area contributed by atoms with E-state index in [-0.39, 0.29) is 6.61 Å². The van der Waals surface area contributed by atoms with Crippen molar-refractivity contribution in [1.82, 2.24) is 0 Å². The third-order valence-electron chi connectivity index (χ3n) is 1.86. The molecule has 1 saturated heterocycles. The fourth-order valence-electron chi connectivity index (χ4n) is 0.962. The molecule has 70 valence electrons. The summed E-state index contributed by atoms with van der Waals surface area (Å²) in [5.74, 6) is 0. The summed E-state index contributed by atoms with van der Waals surface area (Å²) >= 11 is 0. The summed E-state index contributed by atoms with van der Waals surface area (Å²) in [6.45, 7) is -0.980. The van der Waals surface area contributed by atoms with Crippen LogP contribution >= 0.6 is 0 Å². The maximum absolute atomic E-state index is 9.89. The minimum atomic E-state index is -1.30. The van der Waals surface area contributed by atoms with Crippen LogP contribution in [0.3, 0.4) is 0 Å². The number of rotatable bonds is 4. The van der Waals surface area contributed by atoms with Crippen LogP contribution in [0.1, 0.15) is 0 Å². The number of hydrogen-bond acceptors (Lipinski definition) is 6. The summed E-state index contributed by atoms with van der Waals surface area (Å²) in [6.07, 6.45) is -0.873. The molecule has 0 bridgehead atoms. The van der Waals surface area contributed by atoms with Gasteiger partial charge < -0.3 is 19.8 Å². The van der Waals surface area contributed by atoms with Crippen LogP contribution in [0.2, 0.25) is 0 Å². The Balaban J connectivity index is 2.50. The average Bonchev–Trinajstić information content (AvgIpc) is 2.01. The summed E-state index contributed by atoms with van der Waals surface area (Å²) in [4.78, 5) is 14.0. The zero-order chi connectivity index (χ0) is 9.19. The summed E-state index contributed by atoms with van der Waals surface area (Å²) < 4.78 is 4.80. The second-order valence-electron chi connectivity index (χ2n) is 2.51. The van der Waals surface area contributed by atoms with Gasteiger partial charge in [-0.1, -0.05) is 0 Å². The molecule has 0 aromatic heterocycles. The number of aliphatic hydroxyl groups is 2. The zero-order valence-corrected chi connectivity index (χ0v) is 6.17. The molecule has 1 atom stereocenters. The maximum Gasteiger partial charge on any atom is 0.294 e. The summed E-state index contributed by atoms with van der Waals surface area (Å²) in [5, 5.41) is 26.4. The Bertz CT molecular complexity index is 173. The molecule has 1 rings (SSSR count). The van der Waals surface area contributed by atoms with E-state index in [9.17, 15) is 10.1 Å². The van der Waals surface area contributed by atoms with Gasteiger partial charge in [0.15, 0.2) is 6.10 Å². The van der Waals surface area contributed by atoms with Crippen molar-refractivity contribution in [2.45, 2.75) is 11.7 Å². The fraction of sp³-hybridized carbons (Fsp3) is 1.00. The molecule has 12 heavy (non-hydrogen) atoms. The van der Waals surface area contributed by atoms with Gasteiger partial charge in [-0.05, 0) is 0 Å². The molecular weight excluding hydrogens is 170 g/mol. The third-order valence-corrected chi connectivity index (χ3v) is 1.86. The first-order chi connectivity index (χ1) is 5.64. The minimum Gasteiger partial charge on any atom is -0.393 e. The molecule has 7 nitrogen and oxygen atoms in total. The summed E-state index contributed by atoms with van der Waals surface area (Å²) in [7, 11) is 0. The van der Waals surface area contributed by atoms with Crippen LogP contribution in [-0.4, -0.2) is 46.8 Å². The standard InChI is InChI=1S/C5H9NO6/c7-2-5(3-8)4(1-11-5)12-6(9)10/h4,7-8H,1-3H2. The maximum atomic E-state index is 9.89. The molecule has 1 unspecified atom stereocenters. The van der Waals surface area contributed by atoms with Crippen molar-refractivity contribution in [3.05, 3.63) is 10.1 Å². The molecule has 1 aliphatic heterocycles. The van der Waals surface area contributed by atoms with Crippen LogP contribution in [0.5, 0.6) is 0 Å². The van der Waals surface area contributed by atoms with Crippen molar-refractivity contribution in [3.8, 4) is 0 Å². The highest BCUT2D eigenvalue weighted by Gasteiger charge is 2.50. The van der Waals surface area contributed by atoms with E-state index < -0.39 is 30.0 Å². The molecule has 7 heteroatoms. The van der Waals surface area contributed by atoms with Crippen LogP contribution in [0.15, 0.2) is 0 Å². The monoisotopic (exact) mass is 179 g/mol. The van der Waals surface area contributed by atoms with Gasteiger partial charge in [0.2, 0.25) is 0 Å². The summed E-state index contributed by atoms with van der Waals surface area (Å²) in [5.41, 5.74) is -1.30. The molecule has 2 N–H and O–H groups in total. The largest absolute Gasteiger partial charge is 0.393 e. The van der Waals surface area contributed by atoms with E-state index in [2.05, 4.69) is 4.84 Å². The molecule has 1 heterocycles. The van der Waals surface area contributed by atoms with Gasteiger partial charge in [-0.3, -0.25) is 0 Å². The smallest absolute Gasteiger partial charge is 0.294 e. The van der Waals surface area contributed by atoms with Crippen LogP contribution in [0, 0.1) is 10.1 Å². The van der Waals surface area contributed by atoms with Gasteiger partial charge in [0.25, 0.3) is 5.09 Å². The van der Waals surface area contributed by atoms with E-state index in [4.69, 9.17) is 14.9 Å². The van der Waals surface area contributed by atoms with Crippen LogP contribution in [0.25, 0.3) is 0 Å². The highest BCUT2D eigenvalue weighted by molar-refractivity contribution is 4.95. The van der Waals surface area contributed by atoms with Crippen molar-refractivity contribution in [3.63, 3.8) is 0 Å². The van der Waals surface area contributed by atoms with Crippen molar-refractivity contribution < 1.29 is 24.9 Å². The normalized spacial score (nSPS) is 26.0. The van der Waals surface area contributed by atoms with Crippen molar-refractivity contribution >= 4 is 0 Å². The van der Waals surface area contributed by atoms with Gasteiger partial charge in [0, 0.05) is 0 Å². The Labute approximate surface area is 67.6 Å². The Hall–Kier alpha value is -0.920. The Morgan fingerprint density at radius 1 is 1.67 bits per heavy atom. The summed E-state index contributed by atoms with van der Waals surface area (Å²) in [6, 6.07) is 0. The number of hydrogen-bond donors (Lipinski definition) is 2. The van der Waals surface area contributed by atoms with Crippen LogP contribution in [0.4, 0.5) is 0 Å². The molecular formula is C5H9NO6. The zero-order valence-electron chi connectivity index (χ0n) is 6.17. The molecule has 0 spiro atoms. The second kappa shape index (κ2) is 3.21. The van der Waals surface area contributed by atoms with Gasteiger partial charge in [-0.2, -0.15) is 0 Å². The minimum absolute atomic E-state index is 0.0160. The molecule has 0 radical (unpaired) electrons. The van der Waals surface area contributed by atoms with Gasteiger partial charge in [0.05, 0.1) is 19.8 Å². The fourth-order valence-corrected chi connectivity index (χ4v) is 0.962. The molecule has 0 aliphatic carbocycles. The van der Waals surface area contributed by atoms with Gasteiger partial charge in [-0.15, -0.1) is 10.1 Å². The highest BCUT2D eigenvalue weighted by Crippen LogP contribution is 2.28. The third kappa shape index (κ3) is 1.33. The van der Waals surface area contributed by atoms with E-state index in [0.29, 0.717) is 0 Å². The van der Waals surface area contributed by atoms with Gasteiger partial charge in [0.1, 0.15) is 5.60 Å². The quantitative estimate of drug-likeness (QED) is 0.394.